The summed E-state index contributed by atoms with van der Waals surface area (Å²) in [7, 11) is 0. The van der Waals surface area contributed by atoms with E-state index < -0.39 is 23.4 Å². The molecule has 0 saturated carbocycles. The van der Waals surface area contributed by atoms with Gasteiger partial charge >= 0.3 is 6.18 Å². The number of unbranched alkanes of at least 4 members (excludes halogenated alkanes) is 1. The maximum absolute atomic E-state index is 12.6. The number of alkyl halides is 4. The molecule has 1 aliphatic rings. The molecule has 1 heterocycles. The highest BCUT2D eigenvalue weighted by Crippen LogP contribution is 2.36. The molecule has 0 N–H and O–H groups in total. The smallest absolute Gasteiger partial charge is 0.305 e. The van der Waals surface area contributed by atoms with Crippen LogP contribution in [0.2, 0.25) is 0 Å². The molecule has 0 spiro atoms. The lowest BCUT2D eigenvalue weighted by molar-refractivity contribution is -0.137. The van der Waals surface area contributed by atoms with Crippen molar-refractivity contribution >= 4 is 29.0 Å². The molecule has 3 nitrogen and oxygen atoms in total. The number of hydrogen-bond acceptors (Lipinski definition) is 2. The molecular weight excluding hydrogens is 295 g/mol. The Balaban J connectivity index is 2.32. The Kier molecular flexibility index (Phi) is 4.04. The van der Waals surface area contributed by atoms with E-state index >= 15 is 0 Å². The molecule has 1 aliphatic heterocycles. The van der Waals surface area contributed by atoms with Crippen molar-refractivity contribution in [2.24, 2.45) is 0 Å². The number of ketones is 1. The number of nitrogens with zero attached hydrogens (tertiary/aromatic N) is 1. The van der Waals surface area contributed by atoms with Crippen molar-refractivity contribution in [3.05, 3.63) is 29.3 Å². The number of fused-ring (bicyclic) bond motifs is 1. The van der Waals surface area contributed by atoms with Crippen LogP contribution in [0.3, 0.4) is 0 Å². The summed E-state index contributed by atoms with van der Waals surface area (Å²) >= 11 is 5.53. The average Bonchev–Trinajstić information content (AvgIpc) is 2.63. The molecule has 0 bridgehead atoms. The van der Waals surface area contributed by atoms with E-state index in [0.29, 0.717) is 18.7 Å². The number of amides is 1. The number of carbonyl (C=O) groups excluding carboxylic acids is 2. The topological polar surface area (TPSA) is 37.4 Å². The van der Waals surface area contributed by atoms with Gasteiger partial charge in [0.05, 0.1) is 16.8 Å². The summed E-state index contributed by atoms with van der Waals surface area (Å²) in [5.74, 6) is -1.25. The van der Waals surface area contributed by atoms with Gasteiger partial charge in [-0.3, -0.25) is 9.59 Å². The van der Waals surface area contributed by atoms with E-state index in [1.54, 1.807) is 0 Å². The number of benzene rings is 1. The molecule has 108 valence electrons. The molecular formula is C13H11ClF3NO2. The first kappa shape index (κ1) is 14.8. The molecule has 0 saturated heterocycles. The quantitative estimate of drug-likeness (QED) is 0.486. The van der Waals surface area contributed by atoms with Crippen LogP contribution in [0.25, 0.3) is 0 Å². The van der Waals surface area contributed by atoms with Crippen LogP contribution in [0.4, 0.5) is 18.9 Å². The van der Waals surface area contributed by atoms with Crippen LogP contribution in [0.1, 0.15) is 28.8 Å². The largest absolute Gasteiger partial charge is 0.416 e. The van der Waals surface area contributed by atoms with Crippen LogP contribution in [0, 0.1) is 0 Å². The second-order valence-electron chi connectivity index (χ2n) is 4.41. The Morgan fingerprint density at radius 2 is 1.85 bits per heavy atom. The lowest BCUT2D eigenvalue weighted by Gasteiger charge is -2.16. The van der Waals surface area contributed by atoms with Gasteiger partial charge in [0.15, 0.2) is 0 Å². The first-order chi connectivity index (χ1) is 9.36. The van der Waals surface area contributed by atoms with Gasteiger partial charge in [-0.25, -0.2) is 0 Å². The fourth-order valence-electron chi connectivity index (χ4n) is 2.06. The lowest BCUT2D eigenvalue weighted by atomic mass is 10.1. The Morgan fingerprint density at radius 1 is 1.15 bits per heavy atom. The first-order valence-corrected chi connectivity index (χ1v) is 6.53. The number of hydrogen-bond donors (Lipinski definition) is 0. The molecule has 0 atom stereocenters. The van der Waals surface area contributed by atoms with Crippen LogP contribution in [-0.2, 0) is 11.0 Å². The van der Waals surface area contributed by atoms with Gasteiger partial charge in [0.1, 0.15) is 0 Å². The Labute approximate surface area is 118 Å². The van der Waals surface area contributed by atoms with Crippen molar-refractivity contribution in [3.63, 3.8) is 0 Å². The van der Waals surface area contributed by atoms with Crippen molar-refractivity contribution in [2.45, 2.75) is 19.0 Å². The Morgan fingerprint density at radius 3 is 2.45 bits per heavy atom. The number of rotatable bonds is 4. The summed E-state index contributed by atoms with van der Waals surface area (Å²) < 4.78 is 37.8. The van der Waals surface area contributed by atoms with Gasteiger partial charge in [-0.1, -0.05) is 0 Å². The molecule has 7 heteroatoms. The molecule has 0 aliphatic carbocycles. The van der Waals surface area contributed by atoms with Gasteiger partial charge in [0, 0.05) is 12.4 Å². The highest BCUT2D eigenvalue weighted by Gasteiger charge is 2.38. The molecule has 1 aromatic rings. The van der Waals surface area contributed by atoms with Crippen molar-refractivity contribution in [3.8, 4) is 0 Å². The maximum Gasteiger partial charge on any atom is 0.416 e. The van der Waals surface area contributed by atoms with Crippen LogP contribution < -0.4 is 4.90 Å². The van der Waals surface area contributed by atoms with E-state index in [-0.39, 0.29) is 17.8 Å². The lowest BCUT2D eigenvalue weighted by Crippen LogP contribution is -2.30. The molecule has 2 rings (SSSR count). The number of carbonyl (C=O) groups is 2. The van der Waals surface area contributed by atoms with Gasteiger partial charge in [0.25, 0.3) is 11.7 Å². The fourth-order valence-corrected chi connectivity index (χ4v) is 2.25. The van der Waals surface area contributed by atoms with Crippen LogP contribution >= 0.6 is 11.6 Å². The molecule has 0 aromatic heterocycles. The van der Waals surface area contributed by atoms with Gasteiger partial charge in [0.2, 0.25) is 0 Å². The Bertz CT molecular complexity index is 557. The fraction of sp³-hybridized carbons (Fsp3) is 0.385. The minimum atomic E-state index is -4.54. The van der Waals surface area contributed by atoms with E-state index in [0.717, 1.165) is 12.1 Å². The van der Waals surface area contributed by atoms with Crippen molar-refractivity contribution in [1.29, 1.82) is 0 Å². The third-order valence-corrected chi connectivity index (χ3v) is 3.33. The zero-order chi connectivity index (χ0) is 14.9. The zero-order valence-electron chi connectivity index (χ0n) is 10.3. The summed E-state index contributed by atoms with van der Waals surface area (Å²) in [5, 5.41) is 0. The highest BCUT2D eigenvalue weighted by atomic mass is 35.5. The van der Waals surface area contributed by atoms with E-state index in [1.807, 2.05) is 0 Å². The maximum atomic E-state index is 12.6. The number of halogens is 4. The van der Waals surface area contributed by atoms with Gasteiger partial charge < -0.3 is 4.90 Å². The number of anilines is 1. The summed E-state index contributed by atoms with van der Waals surface area (Å²) in [6.45, 7) is 0.273. The van der Waals surface area contributed by atoms with E-state index in [4.69, 9.17) is 11.6 Å². The second kappa shape index (κ2) is 5.44. The minimum Gasteiger partial charge on any atom is -0.305 e. The molecule has 0 radical (unpaired) electrons. The van der Waals surface area contributed by atoms with Crippen molar-refractivity contribution in [1.82, 2.24) is 0 Å². The van der Waals surface area contributed by atoms with E-state index in [9.17, 15) is 22.8 Å². The van der Waals surface area contributed by atoms with Gasteiger partial charge in [-0.2, -0.15) is 13.2 Å². The highest BCUT2D eigenvalue weighted by molar-refractivity contribution is 6.52. The van der Waals surface area contributed by atoms with E-state index in [1.165, 1.54) is 11.0 Å². The minimum absolute atomic E-state index is 0.185. The molecule has 0 unspecified atom stereocenters. The van der Waals surface area contributed by atoms with Crippen LogP contribution in [0.5, 0.6) is 0 Å². The molecule has 1 aromatic carbocycles. The third-order valence-electron chi connectivity index (χ3n) is 3.06. The van der Waals surface area contributed by atoms with Crippen molar-refractivity contribution in [2.75, 3.05) is 17.3 Å². The van der Waals surface area contributed by atoms with Crippen LogP contribution in [-0.4, -0.2) is 24.1 Å². The van der Waals surface area contributed by atoms with Crippen molar-refractivity contribution < 1.29 is 22.8 Å². The standard InChI is InChI=1S/C13H11ClF3NO2/c14-5-1-2-6-18-10-4-3-8(13(15,16)17)7-9(10)11(19)12(18)20/h3-4,7H,1-2,5-6H2. The van der Waals surface area contributed by atoms with Gasteiger partial charge in [-0.05, 0) is 31.0 Å². The molecule has 1 amide bonds. The summed E-state index contributed by atoms with van der Waals surface area (Å²) in [5.41, 5.74) is -0.877. The SMILES string of the molecule is O=C1C(=O)N(CCCCCl)c2ccc(C(F)(F)F)cc21. The molecule has 20 heavy (non-hydrogen) atoms. The number of Topliss-reactive ketones (excluding diaryl/α,β-unsaturated/α-hetero) is 1. The monoisotopic (exact) mass is 305 g/mol. The first-order valence-electron chi connectivity index (χ1n) is 5.99. The predicted octanol–water partition coefficient (Wildman–Crippen LogP) is 3.25. The van der Waals surface area contributed by atoms with E-state index in [2.05, 4.69) is 0 Å². The van der Waals surface area contributed by atoms with Gasteiger partial charge in [-0.15, -0.1) is 11.6 Å². The summed E-state index contributed by atoms with van der Waals surface area (Å²) in [6, 6.07) is 2.78. The predicted molar refractivity (Wildman–Crippen MR) is 68.1 cm³/mol. The summed E-state index contributed by atoms with van der Waals surface area (Å²) in [4.78, 5) is 24.7. The second-order valence-corrected chi connectivity index (χ2v) is 4.79. The zero-order valence-corrected chi connectivity index (χ0v) is 11.1. The summed E-state index contributed by atoms with van der Waals surface area (Å²) in [6.07, 6.45) is -3.29. The average molecular weight is 306 g/mol. The normalized spacial score (nSPS) is 14.9. The Hall–Kier alpha value is -1.56. The van der Waals surface area contributed by atoms with Crippen LogP contribution in [0.15, 0.2) is 18.2 Å². The molecule has 0 fully saturated rings. The third kappa shape index (κ3) is 2.65.